The van der Waals surface area contributed by atoms with E-state index in [1.807, 2.05) is 0 Å². The Kier molecular flexibility index (Phi) is 2.16. The quantitative estimate of drug-likeness (QED) is 0.679. The summed E-state index contributed by atoms with van der Waals surface area (Å²) in [5, 5.41) is 3.73. The average molecular weight is 167 g/mol. The van der Waals surface area contributed by atoms with Gasteiger partial charge in [-0.05, 0) is 32.1 Å². The van der Waals surface area contributed by atoms with E-state index in [9.17, 15) is 0 Å². The fourth-order valence-corrected chi connectivity index (χ4v) is 2.64. The molecule has 1 aliphatic heterocycles. The summed E-state index contributed by atoms with van der Waals surface area (Å²) >= 11 is 0. The van der Waals surface area contributed by atoms with E-state index < -0.39 is 0 Å². The average Bonchev–Trinajstić information content (AvgIpc) is 2.68. The zero-order chi connectivity index (χ0) is 8.60. The minimum Gasteiger partial charge on any atom is -0.309 e. The molecule has 2 aliphatic rings. The van der Waals surface area contributed by atoms with Crippen molar-refractivity contribution in [3.8, 4) is 0 Å². The fraction of sp³-hybridized carbons (Fsp3) is 1.00. The van der Waals surface area contributed by atoms with Crippen LogP contribution in [-0.4, -0.2) is 11.6 Å². The van der Waals surface area contributed by atoms with E-state index in [2.05, 4.69) is 19.2 Å². The maximum absolute atomic E-state index is 3.73. The van der Waals surface area contributed by atoms with Gasteiger partial charge in [-0.3, -0.25) is 0 Å². The van der Waals surface area contributed by atoms with Gasteiger partial charge in [0.15, 0.2) is 0 Å². The summed E-state index contributed by atoms with van der Waals surface area (Å²) in [6.07, 6.45) is 8.57. The molecular weight excluding hydrogens is 146 g/mol. The molecule has 0 spiro atoms. The summed E-state index contributed by atoms with van der Waals surface area (Å²) in [5.41, 5.74) is 0.508. The number of hydrogen-bond donors (Lipinski definition) is 1. The van der Waals surface area contributed by atoms with Crippen LogP contribution in [0.25, 0.3) is 0 Å². The van der Waals surface area contributed by atoms with Crippen LogP contribution in [0, 0.1) is 5.92 Å². The lowest BCUT2D eigenvalue weighted by atomic mass is 9.78. The minimum absolute atomic E-state index is 0.508. The molecule has 2 fully saturated rings. The Bertz CT molecular complexity index is 154. The second kappa shape index (κ2) is 3.02. The van der Waals surface area contributed by atoms with Gasteiger partial charge in [0.1, 0.15) is 0 Å². The van der Waals surface area contributed by atoms with Crippen LogP contribution >= 0.6 is 0 Å². The van der Waals surface area contributed by atoms with E-state index in [0.29, 0.717) is 5.54 Å². The highest BCUT2D eigenvalue weighted by Crippen LogP contribution is 2.39. The van der Waals surface area contributed by atoms with Crippen molar-refractivity contribution >= 4 is 0 Å². The van der Waals surface area contributed by atoms with Crippen LogP contribution in [0.1, 0.15) is 52.4 Å². The predicted molar refractivity (Wildman–Crippen MR) is 52.2 cm³/mol. The largest absolute Gasteiger partial charge is 0.309 e. The summed E-state index contributed by atoms with van der Waals surface area (Å²) in [6, 6.07) is 0.869. The van der Waals surface area contributed by atoms with Crippen molar-refractivity contribution < 1.29 is 0 Å². The number of nitrogens with one attached hydrogen (secondary N) is 1. The molecule has 70 valence electrons. The van der Waals surface area contributed by atoms with Gasteiger partial charge in [-0.1, -0.05) is 26.2 Å². The Morgan fingerprint density at radius 2 is 2.08 bits per heavy atom. The minimum atomic E-state index is 0.508. The summed E-state index contributed by atoms with van der Waals surface area (Å²) in [5.74, 6) is 1.09. The van der Waals surface area contributed by atoms with E-state index in [-0.39, 0.29) is 0 Å². The molecule has 1 N–H and O–H groups in total. The fourth-order valence-electron chi connectivity index (χ4n) is 2.64. The molecule has 1 saturated carbocycles. The Hall–Kier alpha value is -0.0400. The van der Waals surface area contributed by atoms with Gasteiger partial charge in [-0.2, -0.15) is 0 Å². The lowest BCUT2D eigenvalue weighted by molar-refractivity contribution is 0.131. The topological polar surface area (TPSA) is 12.0 Å². The third-order valence-electron chi connectivity index (χ3n) is 3.37. The Labute approximate surface area is 75.9 Å². The molecule has 0 radical (unpaired) electrons. The van der Waals surface area contributed by atoms with E-state index in [0.717, 1.165) is 12.0 Å². The van der Waals surface area contributed by atoms with E-state index in [1.54, 1.807) is 0 Å². The highest BCUT2D eigenvalue weighted by atomic mass is 15.1. The van der Waals surface area contributed by atoms with E-state index in [4.69, 9.17) is 0 Å². The smallest absolute Gasteiger partial charge is 0.0170 e. The third-order valence-corrected chi connectivity index (χ3v) is 3.37. The highest BCUT2D eigenvalue weighted by molar-refractivity contribution is 5.01. The SMILES string of the molecule is CCCC1(C)CC(CC2CC2)N1. The number of rotatable bonds is 4. The molecule has 0 amide bonds. The molecule has 0 aromatic rings. The molecule has 0 aromatic carbocycles. The van der Waals surface area contributed by atoms with Crippen molar-refractivity contribution in [2.45, 2.75) is 64.0 Å². The van der Waals surface area contributed by atoms with Crippen molar-refractivity contribution in [2.75, 3.05) is 0 Å². The second-order valence-electron chi connectivity index (χ2n) is 5.04. The molecule has 1 heterocycles. The summed E-state index contributed by atoms with van der Waals surface area (Å²) in [6.45, 7) is 4.65. The van der Waals surface area contributed by atoms with Crippen LogP contribution in [0.4, 0.5) is 0 Å². The molecule has 2 atom stereocenters. The Morgan fingerprint density at radius 3 is 2.58 bits per heavy atom. The van der Waals surface area contributed by atoms with Crippen molar-refractivity contribution in [1.29, 1.82) is 0 Å². The van der Waals surface area contributed by atoms with Crippen molar-refractivity contribution in [3.05, 3.63) is 0 Å². The monoisotopic (exact) mass is 167 g/mol. The van der Waals surface area contributed by atoms with E-state index in [1.165, 1.54) is 38.5 Å². The highest BCUT2D eigenvalue weighted by Gasteiger charge is 2.40. The number of hydrogen-bond acceptors (Lipinski definition) is 1. The zero-order valence-corrected chi connectivity index (χ0v) is 8.40. The van der Waals surface area contributed by atoms with E-state index >= 15 is 0 Å². The second-order valence-corrected chi connectivity index (χ2v) is 5.04. The van der Waals surface area contributed by atoms with Crippen LogP contribution in [-0.2, 0) is 0 Å². The first-order valence-corrected chi connectivity index (χ1v) is 5.49. The molecule has 0 aromatic heterocycles. The molecule has 1 nitrogen and oxygen atoms in total. The summed E-state index contributed by atoms with van der Waals surface area (Å²) < 4.78 is 0. The van der Waals surface area contributed by atoms with Crippen LogP contribution in [0.3, 0.4) is 0 Å². The molecule has 2 rings (SSSR count). The van der Waals surface area contributed by atoms with Gasteiger partial charge in [0.2, 0.25) is 0 Å². The maximum atomic E-state index is 3.73. The molecule has 1 aliphatic carbocycles. The molecule has 1 saturated heterocycles. The Balaban J connectivity index is 1.67. The van der Waals surface area contributed by atoms with Crippen LogP contribution in [0.5, 0.6) is 0 Å². The van der Waals surface area contributed by atoms with Crippen LogP contribution < -0.4 is 5.32 Å². The molecule has 0 bridgehead atoms. The van der Waals surface area contributed by atoms with Gasteiger partial charge in [0.25, 0.3) is 0 Å². The summed E-state index contributed by atoms with van der Waals surface area (Å²) in [7, 11) is 0. The summed E-state index contributed by atoms with van der Waals surface area (Å²) in [4.78, 5) is 0. The maximum Gasteiger partial charge on any atom is 0.0170 e. The first kappa shape index (κ1) is 8.55. The normalized spacial score (nSPS) is 41.0. The van der Waals surface area contributed by atoms with Gasteiger partial charge in [-0.15, -0.1) is 0 Å². The lowest BCUT2D eigenvalue weighted by Crippen LogP contribution is -2.61. The first-order chi connectivity index (χ1) is 5.72. The lowest BCUT2D eigenvalue weighted by Gasteiger charge is -2.47. The molecular formula is C11H21N. The van der Waals surface area contributed by atoms with Crippen LogP contribution in [0.2, 0.25) is 0 Å². The predicted octanol–water partition coefficient (Wildman–Crippen LogP) is 2.71. The molecule has 1 heteroatoms. The van der Waals surface area contributed by atoms with Gasteiger partial charge in [0.05, 0.1) is 0 Å². The molecule has 12 heavy (non-hydrogen) atoms. The van der Waals surface area contributed by atoms with Gasteiger partial charge in [-0.25, -0.2) is 0 Å². The Morgan fingerprint density at radius 1 is 1.42 bits per heavy atom. The van der Waals surface area contributed by atoms with Crippen molar-refractivity contribution in [3.63, 3.8) is 0 Å². The first-order valence-electron chi connectivity index (χ1n) is 5.49. The zero-order valence-electron chi connectivity index (χ0n) is 8.40. The third kappa shape index (κ3) is 1.82. The van der Waals surface area contributed by atoms with Gasteiger partial charge >= 0.3 is 0 Å². The standard InChI is InChI=1S/C11H21N/c1-3-6-11(2)8-10(12-11)7-9-4-5-9/h9-10,12H,3-8H2,1-2H3. The van der Waals surface area contributed by atoms with Crippen LogP contribution in [0.15, 0.2) is 0 Å². The van der Waals surface area contributed by atoms with Crippen molar-refractivity contribution in [2.24, 2.45) is 5.92 Å². The van der Waals surface area contributed by atoms with Gasteiger partial charge < -0.3 is 5.32 Å². The molecule has 2 unspecified atom stereocenters. The van der Waals surface area contributed by atoms with Crippen molar-refractivity contribution in [1.82, 2.24) is 5.32 Å². The van der Waals surface area contributed by atoms with Gasteiger partial charge in [0, 0.05) is 11.6 Å².